The number of ether oxygens (including phenoxy) is 1. The van der Waals surface area contributed by atoms with Crippen LogP contribution in [-0.2, 0) is 14.3 Å². The van der Waals surface area contributed by atoms with Crippen molar-refractivity contribution in [2.45, 2.75) is 51.3 Å². The van der Waals surface area contributed by atoms with Crippen LogP contribution in [0.3, 0.4) is 0 Å². The Morgan fingerprint density at radius 1 is 1.03 bits per heavy atom. The van der Waals surface area contributed by atoms with Gasteiger partial charge in [0.25, 0.3) is 5.91 Å². The van der Waals surface area contributed by atoms with Crippen molar-refractivity contribution in [1.29, 1.82) is 0 Å². The van der Waals surface area contributed by atoms with Crippen molar-refractivity contribution in [2.75, 3.05) is 11.9 Å². The first-order chi connectivity index (χ1) is 17.6. The number of nitrogens with one attached hydrogen (secondary N) is 2. The zero-order valence-corrected chi connectivity index (χ0v) is 21.3. The Kier molecular flexibility index (Phi) is 7.49. The van der Waals surface area contributed by atoms with Crippen LogP contribution in [0.2, 0.25) is 0 Å². The molecule has 2 N–H and O–H groups in total. The lowest BCUT2D eigenvalue weighted by atomic mass is 10.0. The molecule has 3 aromatic carbocycles. The highest BCUT2D eigenvalue weighted by Crippen LogP contribution is 2.35. The summed E-state index contributed by atoms with van der Waals surface area (Å²) in [5.74, 6) is 1.86. The minimum absolute atomic E-state index is 0.104. The van der Waals surface area contributed by atoms with Gasteiger partial charge in [0.15, 0.2) is 0 Å². The quantitative estimate of drug-likeness (QED) is 0.449. The molecule has 0 heterocycles. The first-order valence-corrected chi connectivity index (χ1v) is 12.3. The van der Waals surface area contributed by atoms with E-state index in [1.165, 1.54) is 0 Å². The third kappa shape index (κ3) is 6.68. The lowest BCUT2D eigenvalue weighted by Gasteiger charge is -2.32. The smallest absolute Gasteiger partial charge is 0.408 e. The molecule has 1 aliphatic rings. The number of fused-ring (bicyclic) bond motifs is 1. The molecule has 1 atom stereocenters. The van der Waals surface area contributed by atoms with E-state index in [1.54, 1.807) is 49.9 Å². The lowest BCUT2D eigenvalue weighted by molar-refractivity contribution is -0.138. The number of terminal acetylenes is 1. The molecule has 3 aromatic rings. The van der Waals surface area contributed by atoms with Gasteiger partial charge in [-0.25, -0.2) is 4.79 Å². The van der Waals surface area contributed by atoms with Crippen LogP contribution in [-0.4, -0.2) is 41.0 Å². The fourth-order valence-corrected chi connectivity index (χ4v) is 4.14. The highest BCUT2D eigenvalue weighted by molar-refractivity contribution is 6.00. The molecule has 190 valence electrons. The van der Waals surface area contributed by atoms with E-state index in [9.17, 15) is 14.4 Å². The maximum Gasteiger partial charge on any atom is 0.408 e. The average molecular weight is 498 g/mol. The van der Waals surface area contributed by atoms with Crippen molar-refractivity contribution in [1.82, 2.24) is 10.2 Å². The summed E-state index contributed by atoms with van der Waals surface area (Å²) in [7, 11) is 0. The normalized spacial score (nSPS) is 13.8. The molecule has 1 unspecified atom stereocenters. The molecule has 1 aliphatic carbocycles. The van der Waals surface area contributed by atoms with Crippen LogP contribution in [0.5, 0.6) is 0 Å². The van der Waals surface area contributed by atoms with Crippen molar-refractivity contribution in [3.05, 3.63) is 77.9 Å². The maximum atomic E-state index is 13.8. The highest BCUT2D eigenvalue weighted by atomic mass is 16.6. The number of hydrogen-bond acceptors (Lipinski definition) is 4. The second kappa shape index (κ2) is 10.8. The fourth-order valence-electron chi connectivity index (χ4n) is 4.14. The topological polar surface area (TPSA) is 87.7 Å². The second-order valence-electron chi connectivity index (χ2n) is 10.1. The Bertz CT molecular complexity index is 1350. The van der Waals surface area contributed by atoms with E-state index in [-0.39, 0.29) is 24.4 Å². The van der Waals surface area contributed by atoms with Gasteiger partial charge in [-0.15, -0.1) is 6.42 Å². The van der Waals surface area contributed by atoms with E-state index in [2.05, 4.69) is 16.6 Å². The number of nitrogens with zero attached hydrogens (tertiary/aromatic N) is 1. The first kappa shape index (κ1) is 25.8. The number of carbonyl (C=O) groups is 3. The van der Waals surface area contributed by atoms with Gasteiger partial charge in [0.1, 0.15) is 18.2 Å². The summed E-state index contributed by atoms with van der Waals surface area (Å²) in [5, 5.41) is 7.57. The van der Waals surface area contributed by atoms with E-state index in [1.807, 2.05) is 42.5 Å². The highest BCUT2D eigenvalue weighted by Gasteiger charge is 2.41. The summed E-state index contributed by atoms with van der Waals surface area (Å²) in [6.45, 7) is 4.96. The van der Waals surface area contributed by atoms with Crippen molar-refractivity contribution in [3.63, 3.8) is 0 Å². The number of hydrogen-bond donors (Lipinski definition) is 2. The van der Waals surface area contributed by atoms with Crippen LogP contribution in [0.25, 0.3) is 10.8 Å². The monoisotopic (exact) mass is 497 g/mol. The molecule has 37 heavy (non-hydrogen) atoms. The third-order valence-corrected chi connectivity index (χ3v) is 5.95. The number of carbonyl (C=O) groups excluding carboxylic acids is 3. The summed E-state index contributed by atoms with van der Waals surface area (Å²) < 4.78 is 5.26. The molecular weight excluding hydrogens is 466 g/mol. The largest absolute Gasteiger partial charge is 0.444 e. The fraction of sp³-hybridized carbons (Fsp3) is 0.300. The Morgan fingerprint density at radius 3 is 2.32 bits per heavy atom. The van der Waals surface area contributed by atoms with E-state index >= 15 is 0 Å². The van der Waals surface area contributed by atoms with Crippen LogP contribution in [0, 0.1) is 12.3 Å². The van der Waals surface area contributed by atoms with Crippen molar-refractivity contribution >= 4 is 34.4 Å². The van der Waals surface area contributed by atoms with E-state index in [0.29, 0.717) is 16.8 Å². The maximum absolute atomic E-state index is 13.8. The van der Waals surface area contributed by atoms with E-state index in [0.717, 1.165) is 23.6 Å². The molecule has 1 fully saturated rings. The minimum atomic E-state index is -0.904. The zero-order chi connectivity index (χ0) is 26.6. The average Bonchev–Trinajstić information content (AvgIpc) is 3.70. The number of amides is 3. The molecule has 4 rings (SSSR count). The predicted octanol–water partition coefficient (Wildman–Crippen LogP) is 5.02. The standard InChI is InChI=1S/C30H31N3O4/c1-5-20-10-12-22(13-11-20)27(28(35)32-24-15-14-21-8-6-7-9-23(21)18-24)33(25-16-17-25)26(34)19-31-29(36)37-30(2,3)4/h1,6-15,18,25,27H,16-17,19H2,2-4H3,(H,31,36)(H,32,35). The van der Waals surface area contributed by atoms with Crippen molar-refractivity contribution in [2.24, 2.45) is 0 Å². The van der Waals surface area contributed by atoms with Crippen molar-refractivity contribution < 1.29 is 19.1 Å². The molecule has 0 spiro atoms. The molecule has 7 heteroatoms. The van der Waals surface area contributed by atoms with Gasteiger partial charge >= 0.3 is 6.09 Å². The predicted molar refractivity (Wildman–Crippen MR) is 144 cm³/mol. The molecule has 3 amide bonds. The van der Waals surface area contributed by atoms with Gasteiger partial charge in [-0.2, -0.15) is 0 Å². The summed E-state index contributed by atoms with van der Waals surface area (Å²) >= 11 is 0. The van der Waals surface area contributed by atoms with E-state index < -0.39 is 17.7 Å². The molecule has 0 radical (unpaired) electrons. The van der Waals surface area contributed by atoms with Crippen LogP contribution in [0.4, 0.5) is 10.5 Å². The van der Waals surface area contributed by atoms with Crippen LogP contribution in [0.1, 0.15) is 50.8 Å². The van der Waals surface area contributed by atoms with Gasteiger partial charge in [-0.1, -0.05) is 48.4 Å². The number of anilines is 1. The molecular formula is C30H31N3O4. The molecule has 1 saturated carbocycles. The van der Waals surface area contributed by atoms with Crippen LogP contribution in [0.15, 0.2) is 66.7 Å². The van der Waals surface area contributed by atoms with Gasteiger partial charge in [0.2, 0.25) is 5.91 Å². The summed E-state index contributed by atoms with van der Waals surface area (Å²) in [4.78, 5) is 40.9. The molecule has 0 bridgehead atoms. The number of alkyl carbamates (subject to hydrolysis) is 1. The summed E-state index contributed by atoms with van der Waals surface area (Å²) in [5.41, 5.74) is 1.25. The zero-order valence-electron chi connectivity index (χ0n) is 21.3. The molecule has 0 aliphatic heterocycles. The Balaban J connectivity index is 1.61. The first-order valence-electron chi connectivity index (χ1n) is 12.3. The third-order valence-electron chi connectivity index (χ3n) is 5.95. The number of rotatable bonds is 7. The lowest BCUT2D eigenvalue weighted by Crippen LogP contribution is -2.47. The van der Waals surface area contributed by atoms with Crippen molar-refractivity contribution in [3.8, 4) is 12.3 Å². The Morgan fingerprint density at radius 2 is 1.70 bits per heavy atom. The van der Waals surface area contributed by atoms with Gasteiger partial charge in [-0.05, 0) is 74.2 Å². The second-order valence-corrected chi connectivity index (χ2v) is 10.1. The Hall–Kier alpha value is -4.31. The van der Waals surface area contributed by atoms with E-state index in [4.69, 9.17) is 11.2 Å². The molecule has 7 nitrogen and oxygen atoms in total. The summed E-state index contributed by atoms with van der Waals surface area (Å²) in [6.07, 6.45) is 6.38. The minimum Gasteiger partial charge on any atom is -0.444 e. The molecule has 0 aromatic heterocycles. The Labute approximate surface area is 217 Å². The van der Waals surface area contributed by atoms with Crippen LogP contribution >= 0.6 is 0 Å². The molecule has 0 saturated heterocycles. The van der Waals surface area contributed by atoms with Gasteiger partial charge in [0.05, 0.1) is 0 Å². The van der Waals surface area contributed by atoms with Gasteiger partial charge < -0.3 is 20.3 Å². The SMILES string of the molecule is C#Cc1ccc(C(C(=O)Nc2ccc3ccccc3c2)N(C(=O)CNC(=O)OC(C)(C)C)C2CC2)cc1. The number of benzene rings is 3. The van der Waals surface area contributed by atoms with Gasteiger partial charge in [0, 0.05) is 17.3 Å². The summed E-state index contributed by atoms with van der Waals surface area (Å²) in [6, 6.07) is 19.6. The van der Waals surface area contributed by atoms with Gasteiger partial charge in [-0.3, -0.25) is 9.59 Å². The van der Waals surface area contributed by atoms with Crippen LogP contribution < -0.4 is 10.6 Å².